The van der Waals surface area contributed by atoms with Crippen molar-refractivity contribution < 1.29 is 0 Å². The zero-order chi connectivity index (χ0) is 16.2. The maximum absolute atomic E-state index is 3.66. The van der Waals surface area contributed by atoms with Gasteiger partial charge in [0.25, 0.3) is 0 Å². The van der Waals surface area contributed by atoms with Crippen LogP contribution in [-0.2, 0) is 6.54 Å². The molecule has 2 aliphatic rings. The molecule has 2 heteroatoms. The lowest BCUT2D eigenvalue weighted by Crippen LogP contribution is -2.28. The van der Waals surface area contributed by atoms with Gasteiger partial charge in [0, 0.05) is 25.7 Å². The average molecular weight is 318 g/mol. The van der Waals surface area contributed by atoms with E-state index in [-0.39, 0.29) is 0 Å². The Balaban J connectivity index is 1.48. The molecule has 2 aromatic carbocycles. The van der Waals surface area contributed by atoms with E-state index in [1.165, 1.54) is 35.1 Å². The van der Waals surface area contributed by atoms with Crippen molar-refractivity contribution in [1.29, 1.82) is 0 Å². The predicted octanol–water partition coefficient (Wildman–Crippen LogP) is 4.40. The zero-order valence-corrected chi connectivity index (χ0v) is 14.2. The second-order valence-corrected chi connectivity index (χ2v) is 6.94. The van der Waals surface area contributed by atoms with E-state index in [0.29, 0.717) is 6.04 Å². The molecule has 0 amide bonds. The van der Waals surface area contributed by atoms with Crippen molar-refractivity contribution in [2.75, 3.05) is 19.6 Å². The first kappa shape index (κ1) is 15.6. The summed E-state index contributed by atoms with van der Waals surface area (Å²) >= 11 is 0. The van der Waals surface area contributed by atoms with Crippen molar-refractivity contribution in [3.63, 3.8) is 0 Å². The molecule has 4 rings (SSSR count). The van der Waals surface area contributed by atoms with Gasteiger partial charge in [-0.15, -0.1) is 0 Å². The summed E-state index contributed by atoms with van der Waals surface area (Å²) < 4.78 is 0. The Morgan fingerprint density at radius 1 is 1.00 bits per heavy atom. The predicted molar refractivity (Wildman–Crippen MR) is 101 cm³/mol. The number of nitrogens with one attached hydrogen (secondary N) is 1. The minimum absolute atomic E-state index is 0.546. The van der Waals surface area contributed by atoms with Crippen LogP contribution in [0.5, 0.6) is 0 Å². The van der Waals surface area contributed by atoms with Crippen molar-refractivity contribution in [3.05, 3.63) is 77.4 Å². The van der Waals surface area contributed by atoms with Crippen molar-refractivity contribution in [2.45, 2.75) is 31.8 Å². The highest BCUT2D eigenvalue weighted by Gasteiger charge is 2.21. The van der Waals surface area contributed by atoms with Gasteiger partial charge in [0.15, 0.2) is 0 Å². The van der Waals surface area contributed by atoms with E-state index < -0.39 is 0 Å². The van der Waals surface area contributed by atoms with Crippen LogP contribution < -0.4 is 5.32 Å². The van der Waals surface area contributed by atoms with E-state index in [9.17, 15) is 0 Å². The molecule has 124 valence electrons. The van der Waals surface area contributed by atoms with Gasteiger partial charge >= 0.3 is 0 Å². The van der Waals surface area contributed by atoms with Gasteiger partial charge in [-0.05, 0) is 48.1 Å². The lowest BCUT2D eigenvalue weighted by atomic mass is 9.91. The highest BCUT2D eigenvalue weighted by atomic mass is 15.1. The summed E-state index contributed by atoms with van der Waals surface area (Å²) in [5.74, 6) is 0. The summed E-state index contributed by atoms with van der Waals surface area (Å²) in [7, 11) is 0. The van der Waals surface area contributed by atoms with E-state index in [1.807, 2.05) is 0 Å². The Hall–Kier alpha value is -1.90. The summed E-state index contributed by atoms with van der Waals surface area (Å²) in [6.07, 6.45) is 6.16. The molecule has 1 fully saturated rings. The number of hydrogen-bond acceptors (Lipinski definition) is 2. The molecule has 0 spiro atoms. The van der Waals surface area contributed by atoms with Crippen molar-refractivity contribution in [1.82, 2.24) is 10.2 Å². The normalized spacial score (nSPS) is 21.7. The van der Waals surface area contributed by atoms with Crippen molar-refractivity contribution in [3.8, 4) is 0 Å². The SMILES string of the molecule is C1=C(c2ccccc2[C@H]2CCCN2)CCN(Cc2ccccc2)C1. The topological polar surface area (TPSA) is 15.3 Å². The summed E-state index contributed by atoms with van der Waals surface area (Å²) in [5.41, 5.74) is 5.91. The lowest BCUT2D eigenvalue weighted by molar-refractivity contribution is 0.294. The highest BCUT2D eigenvalue weighted by molar-refractivity contribution is 5.69. The molecule has 0 bridgehead atoms. The van der Waals surface area contributed by atoms with Crippen LogP contribution in [0.15, 0.2) is 60.7 Å². The first-order valence-electron chi connectivity index (χ1n) is 9.18. The van der Waals surface area contributed by atoms with Gasteiger partial charge in [0.1, 0.15) is 0 Å². The Morgan fingerprint density at radius 2 is 1.83 bits per heavy atom. The van der Waals surface area contributed by atoms with E-state index in [4.69, 9.17) is 0 Å². The molecule has 24 heavy (non-hydrogen) atoms. The summed E-state index contributed by atoms with van der Waals surface area (Å²) in [6, 6.07) is 20.3. The molecule has 2 nitrogen and oxygen atoms in total. The van der Waals surface area contributed by atoms with Crippen LogP contribution in [0.3, 0.4) is 0 Å². The fourth-order valence-electron chi connectivity index (χ4n) is 3.98. The second-order valence-electron chi connectivity index (χ2n) is 6.94. The minimum Gasteiger partial charge on any atom is -0.310 e. The maximum atomic E-state index is 3.66. The number of nitrogens with zero attached hydrogens (tertiary/aromatic N) is 1. The lowest BCUT2D eigenvalue weighted by Gasteiger charge is -2.28. The smallest absolute Gasteiger partial charge is 0.0326 e. The molecule has 1 atom stereocenters. The molecule has 0 unspecified atom stereocenters. The molecule has 0 aromatic heterocycles. The monoisotopic (exact) mass is 318 g/mol. The number of rotatable bonds is 4. The van der Waals surface area contributed by atoms with E-state index in [0.717, 1.165) is 32.6 Å². The summed E-state index contributed by atoms with van der Waals surface area (Å²) in [6.45, 7) is 4.41. The highest BCUT2D eigenvalue weighted by Crippen LogP contribution is 2.32. The summed E-state index contributed by atoms with van der Waals surface area (Å²) in [4.78, 5) is 2.54. The molecular weight excluding hydrogens is 292 g/mol. The van der Waals surface area contributed by atoms with Crippen LogP contribution in [-0.4, -0.2) is 24.5 Å². The van der Waals surface area contributed by atoms with Crippen LogP contribution in [0, 0.1) is 0 Å². The van der Waals surface area contributed by atoms with Gasteiger partial charge in [-0.3, -0.25) is 4.90 Å². The summed E-state index contributed by atoms with van der Waals surface area (Å²) in [5, 5.41) is 3.66. The molecular formula is C22H26N2. The first-order chi connectivity index (χ1) is 11.9. The second kappa shape index (κ2) is 7.33. The molecule has 2 aromatic rings. The fraction of sp³-hybridized carbons (Fsp3) is 0.364. The molecule has 0 saturated carbocycles. The Morgan fingerprint density at radius 3 is 2.58 bits per heavy atom. The zero-order valence-electron chi connectivity index (χ0n) is 14.2. The van der Waals surface area contributed by atoms with Crippen molar-refractivity contribution >= 4 is 5.57 Å². The van der Waals surface area contributed by atoms with Gasteiger partial charge in [-0.1, -0.05) is 60.7 Å². The molecule has 1 saturated heterocycles. The van der Waals surface area contributed by atoms with Crippen LogP contribution in [0.1, 0.15) is 42.0 Å². The van der Waals surface area contributed by atoms with E-state index >= 15 is 0 Å². The van der Waals surface area contributed by atoms with Crippen LogP contribution >= 0.6 is 0 Å². The van der Waals surface area contributed by atoms with E-state index in [2.05, 4.69) is 70.9 Å². The largest absolute Gasteiger partial charge is 0.310 e. The quantitative estimate of drug-likeness (QED) is 0.899. The van der Waals surface area contributed by atoms with E-state index in [1.54, 1.807) is 0 Å². The Kier molecular flexibility index (Phi) is 4.77. The van der Waals surface area contributed by atoms with Crippen LogP contribution in [0.2, 0.25) is 0 Å². The third kappa shape index (κ3) is 3.45. The van der Waals surface area contributed by atoms with Gasteiger partial charge in [-0.2, -0.15) is 0 Å². The standard InChI is InChI=1S/C22H26N2/c1-2-7-18(8-3-1)17-24-15-12-19(13-16-24)20-9-4-5-10-21(20)22-11-6-14-23-22/h1-5,7-10,12,22-23H,6,11,13-17H2/t22-/m1/s1. The minimum atomic E-state index is 0.546. The number of hydrogen-bond donors (Lipinski definition) is 1. The first-order valence-corrected chi connectivity index (χ1v) is 9.18. The fourth-order valence-corrected chi connectivity index (χ4v) is 3.98. The Labute approximate surface area is 145 Å². The van der Waals surface area contributed by atoms with Crippen molar-refractivity contribution in [2.24, 2.45) is 0 Å². The van der Waals surface area contributed by atoms with Crippen LogP contribution in [0.25, 0.3) is 5.57 Å². The molecule has 2 aliphatic heterocycles. The molecule has 0 radical (unpaired) electrons. The number of benzene rings is 2. The van der Waals surface area contributed by atoms with Gasteiger partial charge in [-0.25, -0.2) is 0 Å². The third-order valence-electron chi connectivity index (χ3n) is 5.28. The van der Waals surface area contributed by atoms with Crippen LogP contribution in [0.4, 0.5) is 0 Å². The van der Waals surface area contributed by atoms with Gasteiger partial charge in [0.05, 0.1) is 0 Å². The van der Waals surface area contributed by atoms with Gasteiger partial charge in [0.2, 0.25) is 0 Å². The third-order valence-corrected chi connectivity index (χ3v) is 5.28. The van der Waals surface area contributed by atoms with Gasteiger partial charge < -0.3 is 5.32 Å². The molecule has 2 heterocycles. The Bertz CT molecular complexity index is 699. The maximum Gasteiger partial charge on any atom is 0.0326 e. The molecule has 1 N–H and O–H groups in total. The average Bonchev–Trinajstić information content (AvgIpc) is 3.18. The molecule has 0 aliphatic carbocycles.